The van der Waals surface area contributed by atoms with Gasteiger partial charge >= 0.3 is 0 Å². The van der Waals surface area contributed by atoms with Crippen LogP contribution in [0.15, 0.2) is 0 Å². The lowest BCUT2D eigenvalue weighted by Gasteiger charge is -2.05. The third-order valence-corrected chi connectivity index (χ3v) is 1.75. The van der Waals surface area contributed by atoms with Gasteiger partial charge in [0, 0.05) is 13.2 Å². The van der Waals surface area contributed by atoms with Crippen molar-refractivity contribution in [2.24, 2.45) is 5.92 Å². The lowest BCUT2D eigenvalue weighted by molar-refractivity contribution is 0.228. The van der Waals surface area contributed by atoms with Crippen molar-refractivity contribution in [3.63, 3.8) is 0 Å². The van der Waals surface area contributed by atoms with Gasteiger partial charge in [0.1, 0.15) is 0 Å². The fraction of sp³-hybridized carbons (Fsp3) is 1.00. The Kier molecular flexibility index (Phi) is 4.19. The molecule has 1 aliphatic heterocycles. The Hall–Kier alpha value is 0.210. The second-order valence-corrected chi connectivity index (χ2v) is 2.60. The molecule has 0 aliphatic carbocycles. The summed E-state index contributed by atoms with van der Waals surface area (Å²) < 4.78 is 0. The molecule has 0 aromatic heterocycles. The van der Waals surface area contributed by atoms with Gasteiger partial charge in [0.25, 0.3) is 0 Å². The average Bonchev–Trinajstić information content (AvgIpc) is 2.14. The van der Waals surface area contributed by atoms with Crippen LogP contribution in [0.5, 0.6) is 0 Å². The topological polar surface area (TPSA) is 23.5 Å². The van der Waals surface area contributed by atoms with Crippen LogP contribution in [0.1, 0.15) is 6.42 Å². The molecule has 56 valence electrons. The fourth-order valence-electron chi connectivity index (χ4n) is 1.18. The van der Waals surface area contributed by atoms with Gasteiger partial charge in [-0.15, -0.1) is 12.4 Å². The van der Waals surface area contributed by atoms with Crippen LogP contribution in [0.25, 0.3) is 0 Å². The van der Waals surface area contributed by atoms with E-state index < -0.39 is 0 Å². The van der Waals surface area contributed by atoms with Gasteiger partial charge in [0.05, 0.1) is 0 Å². The standard InChI is InChI=1S/C6H13NO.ClH/c1-7-3-2-6(4-7)5-8;/h6,8H,2-5H2,1H3;1H. The van der Waals surface area contributed by atoms with E-state index in [0.717, 1.165) is 13.1 Å². The van der Waals surface area contributed by atoms with Crippen molar-refractivity contribution in [1.29, 1.82) is 0 Å². The van der Waals surface area contributed by atoms with Crippen LogP contribution in [0, 0.1) is 5.92 Å². The number of halogens is 1. The number of aliphatic hydroxyl groups excluding tert-OH is 1. The Bertz CT molecular complexity index is 79.5. The predicted octanol–water partition coefficient (Wildman–Crippen LogP) is 0.352. The molecule has 1 fully saturated rings. The van der Waals surface area contributed by atoms with E-state index in [9.17, 15) is 0 Å². The SMILES string of the molecule is CN1CCC(CO)C1.Cl. The second kappa shape index (κ2) is 4.09. The molecule has 1 aliphatic rings. The van der Waals surface area contributed by atoms with E-state index in [1.54, 1.807) is 0 Å². The number of hydrogen-bond acceptors (Lipinski definition) is 2. The highest BCUT2D eigenvalue weighted by Gasteiger charge is 2.17. The molecule has 1 atom stereocenters. The van der Waals surface area contributed by atoms with E-state index in [1.165, 1.54) is 6.42 Å². The highest BCUT2D eigenvalue weighted by atomic mass is 35.5. The summed E-state index contributed by atoms with van der Waals surface area (Å²) in [6.45, 7) is 2.60. The first-order valence-corrected chi connectivity index (χ1v) is 3.12. The smallest absolute Gasteiger partial charge is 0.0471 e. The molecule has 0 radical (unpaired) electrons. The molecule has 0 bridgehead atoms. The molecular formula is C6H14ClNO. The van der Waals surface area contributed by atoms with Crippen LogP contribution in [-0.2, 0) is 0 Å². The van der Waals surface area contributed by atoms with Crippen molar-refractivity contribution >= 4 is 12.4 Å². The molecule has 9 heavy (non-hydrogen) atoms. The summed E-state index contributed by atoms with van der Waals surface area (Å²) >= 11 is 0. The molecule has 1 unspecified atom stereocenters. The maximum absolute atomic E-state index is 8.66. The number of hydrogen-bond donors (Lipinski definition) is 1. The monoisotopic (exact) mass is 151 g/mol. The Labute approximate surface area is 62.3 Å². The highest BCUT2D eigenvalue weighted by molar-refractivity contribution is 5.85. The number of rotatable bonds is 1. The van der Waals surface area contributed by atoms with Gasteiger partial charge in [-0.25, -0.2) is 0 Å². The van der Waals surface area contributed by atoms with Crippen molar-refractivity contribution < 1.29 is 5.11 Å². The zero-order valence-electron chi connectivity index (χ0n) is 5.71. The zero-order chi connectivity index (χ0) is 5.98. The largest absolute Gasteiger partial charge is 0.396 e. The van der Waals surface area contributed by atoms with E-state index in [-0.39, 0.29) is 12.4 Å². The van der Waals surface area contributed by atoms with E-state index in [1.807, 2.05) is 0 Å². The summed E-state index contributed by atoms with van der Waals surface area (Å²) in [4.78, 5) is 2.25. The third kappa shape index (κ3) is 2.52. The summed E-state index contributed by atoms with van der Waals surface area (Å²) in [5.74, 6) is 0.556. The molecule has 1 rings (SSSR count). The highest BCUT2D eigenvalue weighted by Crippen LogP contribution is 2.12. The number of nitrogens with zero attached hydrogens (tertiary/aromatic N) is 1. The summed E-state index contributed by atoms with van der Waals surface area (Å²) in [6, 6.07) is 0. The normalized spacial score (nSPS) is 28.0. The molecule has 3 heteroatoms. The van der Waals surface area contributed by atoms with Crippen molar-refractivity contribution in [1.82, 2.24) is 4.90 Å². The van der Waals surface area contributed by atoms with Gasteiger partial charge in [-0.1, -0.05) is 0 Å². The molecule has 0 aromatic carbocycles. The third-order valence-electron chi connectivity index (χ3n) is 1.75. The van der Waals surface area contributed by atoms with Crippen molar-refractivity contribution in [2.45, 2.75) is 6.42 Å². The fourth-order valence-corrected chi connectivity index (χ4v) is 1.18. The predicted molar refractivity (Wildman–Crippen MR) is 39.9 cm³/mol. The maximum Gasteiger partial charge on any atom is 0.0471 e. The summed E-state index contributed by atoms with van der Waals surface area (Å²) in [6.07, 6.45) is 1.17. The van der Waals surface area contributed by atoms with Gasteiger partial charge in [0.2, 0.25) is 0 Å². The van der Waals surface area contributed by atoms with Gasteiger partial charge in [-0.2, -0.15) is 0 Å². The Morgan fingerprint density at radius 1 is 1.67 bits per heavy atom. The van der Waals surface area contributed by atoms with E-state index in [2.05, 4.69) is 11.9 Å². The first-order chi connectivity index (χ1) is 3.83. The van der Waals surface area contributed by atoms with E-state index in [4.69, 9.17) is 5.11 Å². The molecule has 0 amide bonds. The van der Waals surface area contributed by atoms with Crippen LogP contribution in [0.3, 0.4) is 0 Å². The van der Waals surface area contributed by atoms with E-state index in [0.29, 0.717) is 12.5 Å². The summed E-state index contributed by atoms with van der Waals surface area (Å²) in [5, 5.41) is 8.66. The van der Waals surface area contributed by atoms with Gasteiger partial charge < -0.3 is 10.0 Å². The first kappa shape index (κ1) is 9.21. The second-order valence-electron chi connectivity index (χ2n) is 2.60. The average molecular weight is 152 g/mol. The maximum atomic E-state index is 8.66. The molecular weight excluding hydrogens is 138 g/mol. The molecule has 0 saturated carbocycles. The van der Waals surface area contributed by atoms with Crippen LogP contribution in [0.2, 0.25) is 0 Å². The van der Waals surface area contributed by atoms with Crippen LogP contribution >= 0.6 is 12.4 Å². The molecule has 0 aromatic rings. The van der Waals surface area contributed by atoms with Gasteiger partial charge in [0.15, 0.2) is 0 Å². The van der Waals surface area contributed by atoms with Gasteiger partial charge in [-0.3, -0.25) is 0 Å². The lowest BCUT2D eigenvalue weighted by Crippen LogP contribution is -2.15. The van der Waals surface area contributed by atoms with Crippen molar-refractivity contribution in [2.75, 3.05) is 26.7 Å². The van der Waals surface area contributed by atoms with Crippen molar-refractivity contribution in [3.05, 3.63) is 0 Å². The summed E-state index contributed by atoms with van der Waals surface area (Å²) in [7, 11) is 2.09. The molecule has 1 heterocycles. The van der Waals surface area contributed by atoms with Crippen LogP contribution in [0.4, 0.5) is 0 Å². The van der Waals surface area contributed by atoms with Crippen LogP contribution in [-0.4, -0.2) is 36.8 Å². The quantitative estimate of drug-likeness (QED) is 0.585. The minimum Gasteiger partial charge on any atom is -0.396 e. The molecule has 0 spiro atoms. The Balaban J connectivity index is 0.000000640. The number of likely N-dealkylation sites (tertiary alicyclic amines) is 1. The number of aliphatic hydroxyl groups is 1. The Morgan fingerprint density at radius 3 is 2.56 bits per heavy atom. The minimum absolute atomic E-state index is 0. The van der Waals surface area contributed by atoms with Gasteiger partial charge in [-0.05, 0) is 25.9 Å². The van der Waals surface area contributed by atoms with Crippen LogP contribution < -0.4 is 0 Å². The lowest BCUT2D eigenvalue weighted by atomic mass is 10.1. The molecule has 2 nitrogen and oxygen atoms in total. The van der Waals surface area contributed by atoms with E-state index >= 15 is 0 Å². The zero-order valence-corrected chi connectivity index (χ0v) is 6.52. The summed E-state index contributed by atoms with van der Waals surface area (Å²) in [5.41, 5.74) is 0. The Morgan fingerprint density at radius 2 is 2.33 bits per heavy atom. The van der Waals surface area contributed by atoms with Crippen molar-refractivity contribution in [3.8, 4) is 0 Å². The first-order valence-electron chi connectivity index (χ1n) is 3.12. The molecule has 1 saturated heterocycles. The molecule has 1 N–H and O–H groups in total. The minimum atomic E-state index is 0.